The van der Waals surface area contributed by atoms with Gasteiger partial charge < -0.3 is 9.67 Å². The predicted molar refractivity (Wildman–Crippen MR) is 111 cm³/mol. The number of fused-ring (bicyclic) bond motifs is 5. The fourth-order valence-electron chi connectivity index (χ4n) is 5.55. The van der Waals surface area contributed by atoms with E-state index in [1.807, 2.05) is 0 Å². The molecular weight excluding hydrogens is 423 g/mol. The molecular formula is C21H18ClFN6O2. The molecule has 2 bridgehead atoms. The van der Waals surface area contributed by atoms with Crippen molar-refractivity contribution in [3.63, 3.8) is 0 Å². The number of carboxylic acid groups (broad SMARTS) is 1. The molecule has 3 aliphatic rings. The molecule has 0 aromatic carbocycles. The van der Waals surface area contributed by atoms with Crippen LogP contribution in [-0.4, -0.2) is 40.8 Å². The third-order valence-electron chi connectivity index (χ3n) is 6.90. The number of nitrogens with zero attached hydrogens (tertiary/aromatic N) is 5. The molecule has 158 valence electrons. The minimum atomic E-state index is -0.824. The Kier molecular flexibility index (Phi) is 4.05. The van der Waals surface area contributed by atoms with Crippen molar-refractivity contribution in [1.29, 1.82) is 0 Å². The summed E-state index contributed by atoms with van der Waals surface area (Å²) in [6.07, 6.45) is 8.05. The number of carboxylic acids is 1. The molecule has 7 rings (SSSR count). The van der Waals surface area contributed by atoms with Crippen molar-refractivity contribution in [2.24, 2.45) is 17.8 Å². The Balaban J connectivity index is 1.53. The second-order valence-corrected chi connectivity index (χ2v) is 8.90. The molecule has 3 saturated carbocycles. The second-order valence-electron chi connectivity index (χ2n) is 8.47. The number of pyridine rings is 1. The van der Waals surface area contributed by atoms with Crippen LogP contribution in [-0.2, 0) is 4.79 Å². The van der Waals surface area contributed by atoms with Gasteiger partial charge in [0.05, 0.1) is 27.8 Å². The molecule has 4 aromatic heterocycles. The van der Waals surface area contributed by atoms with Gasteiger partial charge >= 0.3 is 5.97 Å². The van der Waals surface area contributed by atoms with Gasteiger partial charge in [0.1, 0.15) is 11.3 Å². The number of aromatic nitrogens is 6. The Bertz CT molecular complexity index is 1340. The summed E-state index contributed by atoms with van der Waals surface area (Å²) in [5.74, 6) is -1.23. The zero-order valence-electron chi connectivity index (χ0n) is 16.3. The second kappa shape index (κ2) is 6.71. The largest absolute Gasteiger partial charge is 0.481 e. The number of hydrogen-bond acceptors (Lipinski definition) is 5. The maximum Gasteiger partial charge on any atom is 0.308 e. The van der Waals surface area contributed by atoms with E-state index in [0.717, 1.165) is 25.7 Å². The van der Waals surface area contributed by atoms with E-state index in [4.69, 9.17) is 11.6 Å². The number of carbonyl (C=O) groups is 1. The molecule has 0 radical (unpaired) electrons. The van der Waals surface area contributed by atoms with Crippen molar-refractivity contribution in [3.05, 3.63) is 35.5 Å². The fraction of sp³-hybridized carbons (Fsp3) is 0.381. The first-order chi connectivity index (χ1) is 15.0. The summed E-state index contributed by atoms with van der Waals surface area (Å²) in [6.45, 7) is 0. The van der Waals surface area contributed by atoms with E-state index in [1.54, 1.807) is 10.6 Å². The van der Waals surface area contributed by atoms with Gasteiger partial charge in [0.15, 0.2) is 17.3 Å². The summed E-state index contributed by atoms with van der Waals surface area (Å²) in [5, 5.41) is 18.4. The van der Waals surface area contributed by atoms with E-state index >= 15 is 0 Å². The monoisotopic (exact) mass is 440 g/mol. The van der Waals surface area contributed by atoms with Gasteiger partial charge in [-0.3, -0.25) is 9.89 Å². The topological polar surface area (TPSA) is 110 Å². The maximum atomic E-state index is 14.8. The van der Waals surface area contributed by atoms with Crippen molar-refractivity contribution in [2.75, 3.05) is 0 Å². The Labute approximate surface area is 180 Å². The van der Waals surface area contributed by atoms with Crippen LogP contribution in [0.25, 0.3) is 33.6 Å². The Morgan fingerprint density at radius 2 is 1.94 bits per heavy atom. The highest BCUT2D eigenvalue weighted by Crippen LogP contribution is 2.52. The van der Waals surface area contributed by atoms with E-state index in [-0.39, 0.29) is 23.3 Å². The van der Waals surface area contributed by atoms with Gasteiger partial charge in [-0.05, 0) is 43.6 Å². The van der Waals surface area contributed by atoms with Crippen LogP contribution in [0.1, 0.15) is 31.7 Å². The molecule has 3 fully saturated rings. The van der Waals surface area contributed by atoms with Crippen molar-refractivity contribution in [1.82, 2.24) is 29.7 Å². The van der Waals surface area contributed by atoms with E-state index in [9.17, 15) is 14.3 Å². The molecule has 0 unspecified atom stereocenters. The van der Waals surface area contributed by atoms with Crippen LogP contribution in [0.5, 0.6) is 0 Å². The highest BCUT2D eigenvalue weighted by atomic mass is 35.5. The first-order valence-electron chi connectivity index (χ1n) is 10.3. The lowest BCUT2D eigenvalue weighted by molar-refractivity contribution is -0.151. The van der Waals surface area contributed by atoms with Crippen LogP contribution in [0.2, 0.25) is 5.02 Å². The number of aliphatic carboxylic acids is 1. The van der Waals surface area contributed by atoms with Gasteiger partial charge in [0, 0.05) is 18.6 Å². The number of nitrogens with one attached hydrogen (secondary N) is 1. The van der Waals surface area contributed by atoms with E-state index in [2.05, 4.69) is 25.1 Å². The molecule has 0 amide bonds. The molecule has 0 aliphatic heterocycles. The average molecular weight is 441 g/mol. The van der Waals surface area contributed by atoms with Gasteiger partial charge in [0.2, 0.25) is 0 Å². The standard InChI is InChI=1S/C21H18ClFN6O2/c22-11-5-12-16(27-28-18(12)24-6-11)19-25-7-13-14(23)8-29(20(13)26-19)17-10-3-1-9(2-4-10)15(17)21(30)31/h5-10,15,17H,1-4H2,(H,30,31)(H,24,27,28)/t9?,10?,15-,17-/m1/s1. The minimum Gasteiger partial charge on any atom is -0.481 e. The summed E-state index contributed by atoms with van der Waals surface area (Å²) in [5.41, 5.74) is 1.39. The Morgan fingerprint density at radius 3 is 2.71 bits per heavy atom. The molecule has 0 spiro atoms. The fourth-order valence-corrected chi connectivity index (χ4v) is 5.70. The van der Waals surface area contributed by atoms with Gasteiger partial charge in [-0.15, -0.1) is 0 Å². The van der Waals surface area contributed by atoms with Crippen LogP contribution < -0.4 is 0 Å². The van der Waals surface area contributed by atoms with Crippen LogP contribution >= 0.6 is 11.6 Å². The SMILES string of the molecule is O=C(O)[C@@H]1C2CCC(CC2)[C@H]1n1cc(F)c2cnc(-c3n[nH]c4ncc(Cl)cc34)nc21. The third-order valence-corrected chi connectivity index (χ3v) is 7.11. The van der Waals surface area contributed by atoms with Gasteiger partial charge in [0.25, 0.3) is 0 Å². The number of aromatic amines is 1. The highest BCUT2D eigenvalue weighted by Gasteiger charge is 2.48. The van der Waals surface area contributed by atoms with Crippen LogP contribution in [0.4, 0.5) is 4.39 Å². The van der Waals surface area contributed by atoms with Crippen LogP contribution in [0.3, 0.4) is 0 Å². The highest BCUT2D eigenvalue weighted by molar-refractivity contribution is 6.31. The quantitative estimate of drug-likeness (QED) is 0.493. The van der Waals surface area contributed by atoms with Gasteiger partial charge in [-0.2, -0.15) is 5.10 Å². The normalized spacial score (nSPS) is 25.5. The van der Waals surface area contributed by atoms with E-state index in [0.29, 0.717) is 33.2 Å². The lowest BCUT2D eigenvalue weighted by Gasteiger charge is -2.47. The van der Waals surface area contributed by atoms with Crippen molar-refractivity contribution >= 4 is 39.6 Å². The lowest BCUT2D eigenvalue weighted by atomic mass is 9.61. The number of halogens is 2. The third kappa shape index (κ3) is 2.76. The van der Waals surface area contributed by atoms with E-state index in [1.165, 1.54) is 18.6 Å². The molecule has 8 nitrogen and oxygen atoms in total. The van der Waals surface area contributed by atoms with Crippen molar-refractivity contribution in [3.8, 4) is 11.5 Å². The smallest absolute Gasteiger partial charge is 0.308 e. The van der Waals surface area contributed by atoms with Crippen molar-refractivity contribution in [2.45, 2.75) is 31.7 Å². The summed E-state index contributed by atoms with van der Waals surface area (Å²) in [6, 6.07) is 1.39. The Morgan fingerprint density at radius 1 is 1.16 bits per heavy atom. The zero-order valence-corrected chi connectivity index (χ0v) is 17.1. The number of rotatable bonds is 3. The Hall–Kier alpha value is -3.07. The molecule has 4 aromatic rings. The first kappa shape index (κ1) is 18.7. The maximum absolute atomic E-state index is 14.8. The zero-order chi connectivity index (χ0) is 21.3. The molecule has 31 heavy (non-hydrogen) atoms. The van der Waals surface area contributed by atoms with Gasteiger partial charge in [-0.25, -0.2) is 19.3 Å². The average Bonchev–Trinajstić information content (AvgIpc) is 3.34. The lowest BCUT2D eigenvalue weighted by Crippen LogP contribution is -2.44. The molecule has 2 N–H and O–H groups in total. The van der Waals surface area contributed by atoms with E-state index < -0.39 is 17.7 Å². The first-order valence-corrected chi connectivity index (χ1v) is 10.6. The molecule has 2 atom stereocenters. The summed E-state index contributed by atoms with van der Waals surface area (Å²) >= 11 is 6.09. The summed E-state index contributed by atoms with van der Waals surface area (Å²) < 4.78 is 16.5. The van der Waals surface area contributed by atoms with Gasteiger partial charge in [-0.1, -0.05) is 11.6 Å². The summed E-state index contributed by atoms with van der Waals surface area (Å²) in [7, 11) is 0. The number of hydrogen-bond donors (Lipinski definition) is 2. The molecule has 0 saturated heterocycles. The molecule has 10 heteroatoms. The number of H-pyrrole nitrogens is 1. The predicted octanol–water partition coefficient (Wildman–Crippen LogP) is 4.22. The molecule has 3 aliphatic carbocycles. The van der Waals surface area contributed by atoms with Crippen molar-refractivity contribution < 1.29 is 14.3 Å². The minimum absolute atomic E-state index is 0.109. The van der Waals surface area contributed by atoms with Crippen LogP contribution in [0, 0.1) is 23.6 Å². The molecule has 4 heterocycles. The van der Waals surface area contributed by atoms with Crippen LogP contribution in [0.15, 0.2) is 24.7 Å². The summed E-state index contributed by atoms with van der Waals surface area (Å²) in [4.78, 5) is 25.3.